The Kier molecular flexibility index (Phi) is 3.55. The fourth-order valence-electron chi connectivity index (χ4n) is 1.45. The Morgan fingerprint density at radius 1 is 1.36 bits per heavy atom. The number of hydrogen-bond donors (Lipinski definition) is 2. The predicted octanol–water partition coefficient (Wildman–Crippen LogP) is 1.57. The van der Waals surface area contributed by atoms with Crippen LogP contribution in [0.25, 0.3) is 0 Å². The van der Waals surface area contributed by atoms with Gasteiger partial charge in [-0.25, -0.2) is 8.78 Å². The highest BCUT2D eigenvalue weighted by molar-refractivity contribution is 5.23. The molecule has 0 fully saturated rings. The van der Waals surface area contributed by atoms with Crippen molar-refractivity contribution in [2.45, 2.75) is 19.0 Å². The molecule has 0 spiro atoms. The van der Waals surface area contributed by atoms with Gasteiger partial charge < -0.3 is 11.1 Å². The van der Waals surface area contributed by atoms with Gasteiger partial charge in [-0.15, -0.1) is 0 Å². The van der Waals surface area contributed by atoms with E-state index in [4.69, 9.17) is 5.73 Å². The topological polar surface area (TPSA) is 38.0 Å². The lowest BCUT2D eigenvalue weighted by Crippen LogP contribution is -2.34. The largest absolute Gasteiger partial charge is 0.326 e. The van der Waals surface area contributed by atoms with E-state index < -0.39 is 11.6 Å². The summed E-state index contributed by atoms with van der Waals surface area (Å²) in [6.45, 7) is 1.74. The standard InChI is InChI=1S/C10H14F2N2/c1-6(13)10(14-2)8-5-7(11)3-4-9(8)12/h3-6,10,14H,13H2,1-2H3. The van der Waals surface area contributed by atoms with Crippen LogP contribution in [-0.4, -0.2) is 13.1 Å². The van der Waals surface area contributed by atoms with E-state index in [1.165, 1.54) is 6.07 Å². The van der Waals surface area contributed by atoms with Crippen molar-refractivity contribution in [3.8, 4) is 0 Å². The van der Waals surface area contributed by atoms with Crippen LogP contribution in [0.15, 0.2) is 18.2 Å². The molecule has 0 aliphatic carbocycles. The Hall–Kier alpha value is -1.00. The lowest BCUT2D eigenvalue weighted by atomic mass is 10.0. The molecule has 78 valence electrons. The maximum Gasteiger partial charge on any atom is 0.128 e. The third kappa shape index (κ3) is 2.27. The van der Waals surface area contributed by atoms with E-state index in [0.717, 1.165) is 12.1 Å². The third-order valence-electron chi connectivity index (χ3n) is 2.13. The average Bonchev–Trinajstić information content (AvgIpc) is 2.11. The van der Waals surface area contributed by atoms with E-state index in [9.17, 15) is 8.78 Å². The Labute approximate surface area is 82.1 Å². The molecular weight excluding hydrogens is 186 g/mol. The van der Waals surface area contributed by atoms with E-state index in [2.05, 4.69) is 5.32 Å². The fourth-order valence-corrected chi connectivity index (χ4v) is 1.45. The van der Waals surface area contributed by atoms with Crippen molar-refractivity contribution in [3.63, 3.8) is 0 Å². The quantitative estimate of drug-likeness (QED) is 0.777. The summed E-state index contributed by atoms with van der Waals surface area (Å²) in [5.41, 5.74) is 5.91. The number of rotatable bonds is 3. The summed E-state index contributed by atoms with van der Waals surface area (Å²) in [6, 6.07) is 2.71. The van der Waals surface area contributed by atoms with Crippen LogP contribution in [0.3, 0.4) is 0 Å². The summed E-state index contributed by atoms with van der Waals surface area (Å²) in [7, 11) is 1.67. The second kappa shape index (κ2) is 4.48. The maximum atomic E-state index is 13.3. The predicted molar refractivity (Wildman–Crippen MR) is 51.8 cm³/mol. The molecule has 0 aliphatic rings. The molecule has 14 heavy (non-hydrogen) atoms. The van der Waals surface area contributed by atoms with Crippen LogP contribution in [0.2, 0.25) is 0 Å². The van der Waals surface area contributed by atoms with Crippen LogP contribution in [0.5, 0.6) is 0 Å². The van der Waals surface area contributed by atoms with Gasteiger partial charge in [-0.05, 0) is 32.2 Å². The molecule has 2 atom stereocenters. The minimum Gasteiger partial charge on any atom is -0.326 e. The van der Waals surface area contributed by atoms with Gasteiger partial charge >= 0.3 is 0 Å². The van der Waals surface area contributed by atoms with Crippen molar-refractivity contribution in [1.29, 1.82) is 0 Å². The summed E-state index contributed by atoms with van der Waals surface area (Å²) in [5.74, 6) is -0.898. The first-order valence-corrected chi connectivity index (χ1v) is 4.44. The maximum absolute atomic E-state index is 13.3. The monoisotopic (exact) mass is 200 g/mol. The molecule has 1 aromatic carbocycles. The number of benzene rings is 1. The highest BCUT2D eigenvalue weighted by Crippen LogP contribution is 2.19. The van der Waals surface area contributed by atoms with Gasteiger partial charge in [0.25, 0.3) is 0 Å². The van der Waals surface area contributed by atoms with Crippen molar-refractivity contribution >= 4 is 0 Å². The molecule has 1 aromatic rings. The van der Waals surface area contributed by atoms with Gasteiger partial charge in [0.15, 0.2) is 0 Å². The van der Waals surface area contributed by atoms with Gasteiger partial charge in [0, 0.05) is 17.6 Å². The highest BCUT2D eigenvalue weighted by Gasteiger charge is 2.18. The third-order valence-corrected chi connectivity index (χ3v) is 2.13. The Morgan fingerprint density at radius 2 is 2.00 bits per heavy atom. The first kappa shape index (κ1) is 11.1. The van der Waals surface area contributed by atoms with E-state index in [-0.39, 0.29) is 17.6 Å². The second-order valence-corrected chi connectivity index (χ2v) is 3.29. The molecule has 0 saturated carbocycles. The average molecular weight is 200 g/mol. The zero-order chi connectivity index (χ0) is 10.7. The van der Waals surface area contributed by atoms with Crippen LogP contribution in [-0.2, 0) is 0 Å². The first-order valence-electron chi connectivity index (χ1n) is 4.44. The summed E-state index contributed by atoms with van der Waals surface area (Å²) < 4.78 is 26.2. The Balaban J connectivity index is 3.08. The molecule has 0 bridgehead atoms. The zero-order valence-electron chi connectivity index (χ0n) is 8.22. The molecule has 0 aromatic heterocycles. The molecular formula is C10H14F2N2. The number of likely N-dealkylation sites (N-methyl/N-ethyl adjacent to an activating group) is 1. The molecule has 0 saturated heterocycles. The number of hydrogen-bond acceptors (Lipinski definition) is 2. The van der Waals surface area contributed by atoms with E-state index in [1.807, 2.05) is 0 Å². The molecule has 1 rings (SSSR count). The van der Waals surface area contributed by atoms with Crippen molar-refractivity contribution in [2.24, 2.45) is 5.73 Å². The Bertz CT molecular complexity index is 313. The van der Waals surface area contributed by atoms with Crippen molar-refractivity contribution in [3.05, 3.63) is 35.4 Å². The Morgan fingerprint density at radius 3 is 2.50 bits per heavy atom. The SMILES string of the molecule is CNC(c1cc(F)ccc1F)C(C)N. The van der Waals surface area contributed by atoms with Gasteiger partial charge in [-0.3, -0.25) is 0 Å². The van der Waals surface area contributed by atoms with E-state index in [1.54, 1.807) is 14.0 Å². The lowest BCUT2D eigenvalue weighted by molar-refractivity contribution is 0.470. The van der Waals surface area contributed by atoms with E-state index >= 15 is 0 Å². The smallest absolute Gasteiger partial charge is 0.128 e. The number of nitrogens with one attached hydrogen (secondary N) is 1. The van der Waals surface area contributed by atoms with Crippen LogP contribution in [0, 0.1) is 11.6 Å². The van der Waals surface area contributed by atoms with Gasteiger partial charge in [0.2, 0.25) is 0 Å². The highest BCUT2D eigenvalue weighted by atomic mass is 19.1. The molecule has 0 amide bonds. The lowest BCUT2D eigenvalue weighted by Gasteiger charge is -2.20. The first-order chi connectivity index (χ1) is 6.56. The molecule has 4 heteroatoms. The van der Waals surface area contributed by atoms with Gasteiger partial charge in [0.1, 0.15) is 11.6 Å². The molecule has 0 heterocycles. The van der Waals surface area contributed by atoms with Gasteiger partial charge in [0.05, 0.1) is 0 Å². The van der Waals surface area contributed by atoms with Gasteiger partial charge in [-0.1, -0.05) is 0 Å². The van der Waals surface area contributed by atoms with Crippen LogP contribution in [0.1, 0.15) is 18.5 Å². The molecule has 2 unspecified atom stereocenters. The number of halogens is 2. The van der Waals surface area contributed by atoms with Crippen LogP contribution in [0.4, 0.5) is 8.78 Å². The molecule has 3 N–H and O–H groups in total. The summed E-state index contributed by atoms with van der Waals surface area (Å²) >= 11 is 0. The molecule has 2 nitrogen and oxygen atoms in total. The van der Waals surface area contributed by atoms with Crippen molar-refractivity contribution < 1.29 is 8.78 Å². The molecule has 0 radical (unpaired) electrons. The van der Waals surface area contributed by atoms with Crippen LogP contribution < -0.4 is 11.1 Å². The van der Waals surface area contributed by atoms with Crippen molar-refractivity contribution in [2.75, 3.05) is 7.05 Å². The second-order valence-electron chi connectivity index (χ2n) is 3.29. The van der Waals surface area contributed by atoms with Crippen LogP contribution >= 0.6 is 0 Å². The number of nitrogens with two attached hydrogens (primary N) is 1. The van der Waals surface area contributed by atoms with Gasteiger partial charge in [-0.2, -0.15) is 0 Å². The zero-order valence-corrected chi connectivity index (χ0v) is 8.22. The summed E-state index contributed by atoms with van der Waals surface area (Å²) in [6.07, 6.45) is 0. The summed E-state index contributed by atoms with van der Waals surface area (Å²) in [4.78, 5) is 0. The fraction of sp³-hybridized carbons (Fsp3) is 0.400. The normalized spacial score (nSPS) is 15.2. The minimum absolute atomic E-state index is 0.266. The van der Waals surface area contributed by atoms with Crippen molar-refractivity contribution in [1.82, 2.24) is 5.32 Å². The summed E-state index contributed by atoms with van der Waals surface area (Å²) in [5, 5.41) is 2.85. The van der Waals surface area contributed by atoms with E-state index in [0.29, 0.717) is 0 Å². The minimum atomic E-state index is -0.456. The molecule has 0 aliphatic heterocycles.